The molecular formula is C79H163Cl3N6O35S8. The Morgan fingerprint density at radius 2 is 0.527 bits per heavy atom. The highest BCUT2D eigenvalue weighted by atomic mass is 35.7. The van der Waals surface area contributed by atoms with E-state index in [9.17, 15) is 96.1 Å². The molecule has 8 N–H and O–H groups in total. The number of rotatable bonds is 55. The number of hydrogen-bond donors (Lipinski definition) is 6. The first kappa shape index (κ1) is 140. The quantitative estimate of drug-likeness (QED) is 0.0143. The summed E-state index contributed by atoms with van der Waals surface area (Å²) in [6, 6.07) is 0. The van der Waals surface area contributed by atoms with Crippen LogP contribution in [0.1, 0.15) is 252 Å². The number of amides is 3. The first-order valence-electron chi connectivity index (χ1n) is 42.4. The molecule has 41 nitrogen and oxygen atoms in total. The zero-order valence-electron chi connectivity index (χ0n) is 82.9. The van der Waals surface area contributed by atoms with Crippen molar-refractivity contribution >= 4 is 147 Å². The van der Waals surface area contributed by atoms with E-state index in [1.54, 1.807) is 145 Å². The maximum absolute atomic E-state index is 12.2. The maximum atomic E-state index is 12.2. The molecule has 0 aliphatic carbocycles. The van der Waals surface area contributed by atoms with E-state index in [0.29, 0.717) is 26.0 Å². The third-order valence-electron chi connectivity index (χ3n) is 16.0. The van der Waals surface area contributed by atoms with E-state index in [-0.39, 0.29) is 153 Å². The number of esters is 2. The van der Waals surface area contributed by atoms with E-state index >= 15 is 0 Å². The van der Waals surface area contributed by atoms with Gasteiger partial charge in [-0.2, -0.15) is 50.5 Å². The van der Waals surface area contributed by atoms with E-state index < -0.39 is 186 Å². The molecule has 52 heteroatoms. The minimum atomic E-state index is -4.01. The number of alkyl carbamates (subject to hydrolysis) is 3. The standard InChI is InChI=1S/C23H46N2O10S2.C21H40O10S2.C13H30N2O6S2.C10H21NO3.C6H15N.C3H6Cl2O4S2.C3H5ClO2/c1-20(2,3)34-18(26)24-14-22(7,8)16-32-36(28,29)12-11-13-37(30,31)33-17-23(9,10)15-25-19(27)35-21(4,5)6;1-7-28-18(22)10-12-20(3,4)16-30-32(24,25)14-9-15-33(26,27)31-17-21(5,6)13-11-19(23)29-8-2;1-12(2,8-14)10-20-22(16,17)6-5-7-23(18,19)21-11-13(3,4)9-15;1-9(2,3)14-8(13)11-6-10(4,5)7-12;1-4-7(5-2)6-3;4-10(6,7)2-1-3-11(5,8)9;1-2-6-3(4)5/h11-17H2,1-10H3,(H,24,26)(H,25,27);7-17H2,1-6H3;5-11,14-15H2,1-4H3;12H,6-7H2,1-5H3,(H,11,13);4-6H2,1-3H3;1-3H2;2H2,1H3. The molecule has 0 aliphatic rings. The number of nitrogens with two attached hydrogens (primary N) is 2. The van der Waals surface area contributed by atoms with E-state index in [2.05, 4.69) is 46.4 Å². The van der Waals surface area contributed by atoms with Gasteiger partial charge in [0, 0.05) is 99.1 Å². The Balaban J connectivity index is -0.000000297. The lowest BCUT2D eigenvalue weighted by Crippen LogP contribution is -2.40. The number of carbonyl (C=O) groups is 6. The normalized spacial score (nSPS) is 13.0. The summed E-state index contributed by atoms with van der Waals surface area (Å²) in [5, 5.41) is 16.7. The lowest BCUT2D eigenvalue weighted by atomic mass is 9.89. The van der Waals surface area contributed by atoms with E-state index in [0.717, 1.165) is 0 Å². The topological polar surface area (TPSA) is 598 Å². The third-order valence-corrected chi connectivity index (χ3v) is 26.2. The van der Waals surface area contributed by atoms with Crippen LogP contribution in [-0.4, -0.2) is 294 Å². The largest absolute Gasteiger partial charge is 0.466 e. The number of nitrogens with one attached hydrogen (secondary N) is 3. The first-order chi connectivity index (χ1) is 58.6. The van der Waals surface area contributed by atoms with Crippen molar-refractivity contribution in [2.75, 3.05) is 164 Å². The molecular weight excluding hydrogens is 1960 g/mol. The molecule has 0 bridgehead atoms. The maximum Gasteiger partial charge on any atom is 0.407 e. The van der Waals surface area contributed by atoms with Gasteiger partial charge in [-0.3, -0.25) is 34.7 Å². The van der Waals surface area contributed by atoms with Crippen molar-refractivity contribution in [2.24, 2.45) is 49.4 Å². The van der Waals surface area contributed by atoms with Crippen molar-refractivity contribution in [1.82, 2.24) is 20.9 Å². The highest BCUT2D eigenvalue weighted by Gasteiger charge is 2.32. The Labute approximate surface area is 800 Å². The van der Waals surface area contributed by atoms with Crippen LogP contribution in [0.4, 0.5) is 19.2 Å². The summed E-state index contributed by atoms with van der Waals surface area (Å²) in [5.41, 5.74) is 4.61. The highest BCUT2D eigenvalue weighted by Crippen LogP contribution is 2.27. The van der Waals surface area contributed by atoms with Crippen LogP contribution in [0, 0.1) is 37.9 Å². The summed E-state index contributed by atoms with van der Waals surface area (Å²) in [7, 11) is -21.1. The average Bonchev–Trinajstić information content (AvgIpc) is 0.897. The molecule has 0 aromatic heterocycles. The molecule has 0 radical (unpaired) electrons. The van der Waals surface area contributed by atoms with Crippen LogP contribution in [0.2, 0.25) is 0 Å². The minimum Gasteiger partial charge on any atom is -0.466 e. The number of hydrogen-bond acceptors (Lipinski definition) is 38. The van der Waals surface area contributed by atoms with Gasteiger partial charge in [-0.1, -0.05) is 118 Å². The fourth-order valence-corrected chi connectivity index (χ4v) is 17.1. The van der Waals surface area contributed by atoms with Gasteiger partial charge in [0.25, 0.3) is 60.7 Å². The summed E-state index contributed by atoms with van der Waals surface area (Å²) >= 11 is 4.72. The van der Waals surface area contributed by atoms with Crippen molar-refractivity contribution < 1.29 is 155 Å². The van der Waals surface area contributed by atoms with Crippen molar-refractivity contribution in [3.05, 3.63) is 0 Å². The van der Waals surface area contributed by atoms with Crippen molar-refractivity contribution in [1.29, 1.82) is 0 Å². The third kappa shape index (κ3) is 101. The SMILES string of the molecule is CC(C)(CN)COS(=O)(=O)CCCS(=O)(=O)OCC(C)(C)CN.CC(C)(CNC(=O)OC(C)(C)C)COS(=O)(=O)CCCS(=O)(=O)OCC(C)(C)CNC(=O)OC(C)(C)C.CC(C)(CO)CNC(=O)OC(C)(C)C.CCN(CC)CC.CCOC(=O)CCC(C)(C)COS(=O)(=O)CCCS(=O)(=O)OCC(C)(C)CCC(=O)OCC.CCOC(=O)Cl.O=S(=O)(Cl)CCCS(=O)(=O)Cl. The van der Waals surface area contributed by atoms with Crippen LogP contribution in [0.25, 0.3) is 0 Å². The fraction of sp³-hybridized carbons (Fsp3) is 0.924. The van der Waals surface area contributed by atoms with Crippen LogP contribution in [0.3, 0.4) is 0 Å². The zero-order valence-corrected chi connectivity index (χ0v) is 91.7. The minimum absolute atomic E-state index is 0.0306. The second-order valence-electron chi connectivity index (χ2n) is 38.2. The number of ether oxygens (including phenoxy) is 6. The molecule has 0 aromatic carbocycles. The molecule has 0 aromatic rings. The van der Waals surface area contributed by atoms with Gasteiger partial charge >= 0.3 is 35.6 Å². The molecule has 0 heterocycles. The summed E-state index contributed by atoms with van der Waals surface area (Å²) in [6.45, 7) is 57.1. The average molecular weight is 2120 g/mol. The van der Waals surface area contributed by atoms with Gasteiger partial charge in [0.05, 0.1) is 105 Å². The van der Waals surface area contributed by atoms with E-state index in [1.165, 1.54) is 19.6 Å². The van der Waals surface area contributed by atoms with Gasteiger partial charge in [0.2, 0.25) is 18.1 Å². The Hall–Kier alpha value is -3.71. The number of aliphatic hydroxyl groups is 1. The van der Waals surface area contributed by atoms with E-state index in [4.69, 9.17) is 98.3 Å². The first-order valence-corrected chi connectivity index (χ1v) is 57.2. The lowest BCUT2D eigenvalue weighted by Gasteiger charge is -2.26. The number of carbonyl (C=O) groups excluding carboxylic acids is 6. The van der Waals surface area contributed by atoms with Crippen LogP contribution in [-0.2, 0) is 142 Å². The van der Waals surface area contributed by atoms with Crippen molar-refractivity contribution in [2.45, 2.75) is 269 Å². The molecule has 0 spiro atoms. The Morgan fingerprint density at radius 3 is 0.695 bits per heavy atom. The Kier molecular flexibility index (Phi) is 69.9. The number of halogens is 3. The number of aliphatic hydroxyl groups excluding tert-OH is 1. The molecule has 0 unspecified atom stereocenters. The molecule has 0 atom stereocenters. The molecule has 0 fully saturated rings. The molecule has 0 rings (SSSR count). The summed E-state index contributed by atoms with van der Waals surface area (Å²) in [4.78, 5) is 69.7. The van der Waals surface area contributed by atoms with Crippen molar-refractivity contribution in [3.63, 3.8) is 0 Å². The predicted octanol–water partition coefficient (Wildman–Crippen LogP) is 10.8. The molecule has 0 saturated carbocycles. The van der Waals surface area contributed by atoms with E-state index in [1.807, 2.05) is 34.6 Å². The molecule has 788 valence electrons. The summed E-state index contributed by atoms with van der Waals surface area (Å²) in [6.07, 6.45) is -1.21. The lowest BCUT2D eigenvalue weighted by molar-refractivity contribution is -0.144. The molecule has 0 saturated heterocycles. The van der Waals surface area contributed by atoms with Crippen LogP contribution >= 0.6 is 33.0 Å². The van der Waals surface area contributed by atoms with Gasteiger partial charge < -0.3 is 65.8 Å². The van der Waals surface area contributed by atoms with Crippen molar-refractivity contribution in [3.8, 4) is 0 Å². The smallest absolute Gasteiger partial charge is 0.407 e. The molecule has 131 heavy (non-hydrogen) atoms. The number of nitrogens with zero attached hydrogens (tertiary/aromatic N) is 1. The summed E-state index contributed by atoms with van der Waals surface area (Å²) < 4.78 is 244. The van der Waals surface area contributed by atoms with Gasteiger partial charge in [-0.15, -0.1) is 0 Å². The van der Waals surface area contributed by atoms with Gasteiger partial charge in [-0.05, 0) is 165 Å². The van der Waals surface area contributed by atoms with Crippen LogP contribution in [0.5, 0.6) is 0 Å². The second kappa shape index (κ2) is 65.3. The summed E-state index contributed by atoms with van der Waals surface area (Å²) in [5.74, 6) is -4.24. The second-order valence-corrected chi connectivity index (χ2v) is 54.9. The van der Waals surface area contributed by atoms with Gasteiger partial charge in [0.15, 0.2) is 0 Å². The molecule has 0 aliphatic heterocycles. The molecule has 3 amide bonds. The Bertz CT molecular complexity index is 4000. The van der Waals surface area contributed by atoms with Crippen LogP contribution < -0.4 is 27.4 Å². The van der Waals surface area contributed by atoms with Gasteiger partial charge in [0.1, 0.15) is 16.8 Å². The fourth-order valence-electron chi connectivity index (χ4n) is 7.92. The monoisotopic (exact) mass is 2120 g/mol. The zero-order chi connectivity index (χ0) is 105. The highest BCUT2D eigenvalue weighted by molar-refractivity contribution is 8.14. The Morgan fingerprint density at radius 1 is 0.321 bits per heavy atom. The van der Waals surface area contributed by atoms with Gasteiger partial charge in [-0.25, -0.2) is 36.0 Å². The predicted molar refractivity (Wildman–Crippen MR) is 509 cm³/mol. The van der Waals surface area contributed by atoms with Crippen LogP contribution in [0.15, 0.2) is 0 Å².